The van der Waals surface area contributed by atoms with Gasteiger partial charge in [0.15, 0.2) is 0 Å². The molecule has 1 fully saturated rings. The highest BCUT2D eigenvalue weighted by molar-refractivity contribution is 5.81. The Morgan fingerprint density at radius 2 is 1.75 bits per heavy atom. The minimum atomic E-state index is 0.778. The Morgan fingerprint density at radius 3 is 2.38 bits per heavy atom. The van der Waals surface area contributed by atoms with Crippen molar-refractivity contribution >= 4 is 5.84 Å². The summed E-state index contributed by atoms with van der Waals surface area (Å²) in [4.78, 5) is 2.23. The van der Waals surface area contributed by atoms with E-state index in [1.807, 2.05) is 0 Å². The summed E-state index contributed by atoms with van der Waals surface area (Å²) in [5.74, 6) is 0.781. The number of piperidine rings is 1. The summed E-state index contributed by atoms with van der Waals surface area (Å²) in [5, 5.41) is 8.10. The minimum Gasteiger partial charge on any atom is -0.360 e. The molecule has 0 atom stereocenters. The van der Waals surface area contributed by atoms with Gasteiger partial charge in [-0.1, -0.05) is 29.8 Å². The number of nitrogens with zero attached hydrogens (tertiary/aromatic N) is 1. The normalized spacial score (nSPS) is 16.2. The molecule has 2 heteroatoms. The van der Waals surface area contributed by atoms with Crippen LogP contribution >= 0.6 is 0 Å². The molecule has 1 aliphatic rings. The fourth-order valence-electron chi connectivity index (χ4n) is 2.17. The molecule has 2 nitrogen and oxygen atoms in total. The number of hydrogen-bond acceptors (Lipinski definition) is 1. The Balaban J connectivity index is 1.93. The molecule has 0 amide bonds. The van der Waals surface area contributed by atoms with Gasteiger partial charge < -0.3 is 4.90 Å². The first-order valence-corrected chi connectivity index (χ1v) is 6.13. The molecule has 0 radical (unpaired) electrons. The van der Waals surface area contributed by atoms with Crippen molar-refractivity contribution in [1.29, 1.82) is 5.41 Å². The third-order valence-electron chi connectivity index (χ3n) is 3.23. The molecular weight excluding hydrogens is 196 g/mol. The maximum absolute atomic E-state index is 8.10. The average Bonchev–Trinajstić information content (AvgIpc) is 2.33. The number of benzene rings is 1. The molecule has 0 aliphatic carbocycles. The zero-order valence-corrected chi connectivity index (χ0v) is 10.00. The number of aryl methyl sites for hydroxylation is 1. The van der Waals surface area contributed by atoms with E-state index >= 15 is 0 Å². The number of rotatable bonds is 2. The van der Waals surface area contributed by atoms with E-state index in [1.54, 1.807) is 0 Å². The van der Waals surface area contributed by atoms with Crippen molar-refractivity contribution in [3.05, 3.63) is 35.4 Å². The number of nitrogens with one attached hydrogen (secondary N) is 1. The number of amidine groups is 1. The molecule has 1 saturated heterocycles. The van der Waals surface area contributed by atoms with Crippen molar-refractivity contribution in [2.24, 2.45) is 0 Å². The van der Waals surface area contributed by atoms with Crippen LogP contribution in [0.15, 0.2) is 24.3 Å². The van der Waals surface area contributed by atoms with E-state index in [0.717, 1.165) is 25.3 Å². The standard InChI is InChI=1S/C14H20N2/c1-12-5-7-13(8-6-12)11-14(15)16-9-3-2-4-10-16/h5-8,15H,2-4,9-11H2,1H3. The van der Waals surface area contributed by atoms with E-state index in [9.17, 15) is 0 Å². The topological polar surface area (TPSA) is 27.1 Å². The van der Waals surface area contributed by atoms with Crippen LogP contribution < -0.4 is 0 Å². The van der Waals surface area contributed by atoms with E-state index in [1.165, 1.54) is 30.4 Å². The van der Waals surface area contributed by atoms with Gasteiger partial charge in [0.25, 0.3) is 0 Å². The molecule has 0 spiro atoms. The highest BCUT2D eigenvalue weighted by atomic mass is 15.2. The van der Waals surface area contributed by atoms with E-state index in [4.69, 9.17) is 5.41 Å². The first-order valence-electron chi connectivity index (χ1n) is 6.13. The molecular formula is C14H20N2. The van der Waals surface area contributed by atoms with Crippen LogP contribution in [0, 0.1) is 12.3 Å². The maximum atomic E-state index is 8.10. The van der Waals surface area contributed by atoms with Gasteiger partial charge in [-0.2, -0.15) is 0 Å². The summed E-state index contributed by atoms with van der Waals surface area (Å²) in [5.41, 5.74) is 2.54. The van der Waals surface area contributed by atoms with Gasteiger partial charge >= 0.3 is 0 Å². The van der Waals surface area contributed by atoms with Crippen molar-refractivity contribution in [3.63, 3.8) is 0 Å². The molecule has 0 bridgehead atoms. The summed E-state index contributed by atoms with van der Waals surface area (Å²) < 4.78 is 0. The summed E-state index contributed by atoms with van der Waals surface area (Å²) in [6.45, 7) is 4.25. The van der Waals surface area contributed by atoms with E-state index in [-0.39, 0.29) is 0 Å². The van der Waals surface area contributed by atoms with Crippen molar-refractivity contribution in [2.75, 3.05) is 13.1 Å². The van der Waals surface area contributed by atoms with Gasteiger partial charge in [-0.15, -0.1) is 0 Å². The van der Waals surface area contributed by atoms with Crippen LogP contribution in [0.3, 0.4) is 0 Å². The quantitative estimate of drug-likeness (QED) is 0.597. The number of likely N-dealkylation sites (tertiary alicyclic amines) is 1. The second-order valence-electron chi connectivity index (χ2n) is 4.66. The molecule has 1 aromatic carbocycles. The molecule has 1 aromatic rings. The van der Waals surface area contributed by atoms with E-state index < -0.39 is 0 Å². The lowest BCUT2D eigenvalue weighted by molar-refractivity contribution is 0.336. The molecule has 1 aliphatic heterocycles. The van der Waals surface area contributed by atoms with Crippen LogP contribution in [0.2, 0.25) is 0 Å². The van der Waals surface area contributed by atoms with Crippen LogP contribution in [-0.2, 0) is 6.42 Å². The van der Waals surface area contributed by atoms with Gasteiger partial charge in [0.05, 0.1) is 0 Å². The first-order chi connectivity index (χ1) is 7.75. The van der Waals surface area contributed by atoms with Crippen LogP contribution in [0.5, 0.6) is 0 Å². The van der Waals surface area contributed by atoms with Crippen LogP contribution in [0.25, 0.3) is 0 Å². The lowest BCUT2D eigenvalue weighted by Gasteiger charge is -2.29. The average molecular weight is 216 g/mol. The van der Waals surface area contributed by atoms with Gasteiger partial charge in [0, 0.05) is 19.5 Å². The predicted molar refractivity (Wildman–Crippen MR) is 68.0 cm³/mol. The molecule has 86 valence electrons. The second-order valence-corrected chi connectivity index (χ2v) is 4.66. The molecule has 1 heterocycles. The zero-order valence-electron chi connectivity index (χ0n) is 10.00. The Bertz CT molecular complexity index is 348. The highest BCUT2D eigenvalue weighted by Crippen LogP contribution is 2.12. The fourth-order valence-corrected chi connectivity index (χ4v) is 2.17. The van der Waals surface area contributed by atoms with Gasteiger partial charge in [-0.25, -0.2) is 0 Å². The molecule has 1 N–H and O–H groups in total. The molecule has 0 unspecified atom stereocenters. The minimum absolute atomic E-state index is 0.778. The fraction of sp³-hybridized carbons (Fsp3) is 0.500. The molecule has 16 heavy (non-hydrogen) atoms. The highest BCUT2D eigenvalue weighted by Gasteiger charge is 2.13. The third kappa shape index (κ3) is 2.84. The van der Waals surface area contributed by atoms with Crippen LogP contribution in [-0.4, -0.2) is 23.8 Å². The largest absolute Gasteiger partial charge is 0.360 e. The summed E-state index contributed by atoms with van der Waals surface area (Å²) in [6.07, 6.45) is 4.60. The third-order valence-corrected chi connectivity index (χ3v) is 3.23. The Hall–Kier alpha value is -1.31. The van der Waals surface area contributed by atoms with Crippen molar-refractivity contribution in [3.8, 4) is 0 Å². The molecule has 0 aromatic heterocycles. The van der Waals surface area contributed by atoms with E-state index in [2.05, 4.69) is 36.1 Å². The van der Waals surface area contributed by atoms with Gasteiger partial charge in [0.1, 0.15) is 5.84 Å². The Labute approximate surface area is 97.8 Å². The first kappa shape index (κ1) is 11.2. The zero-order chi connectivity index (χ0) is 11.4. The van der Waals surface area contributed by atoms with Gasteiger partial charge in [-0.3, -0.25) is 5.41 Å². The Morgan fingerprint density at radius 1 is 1.12 bits per heavy atom. The SMILES string of the molecule is Cc1ccc(CC(=N)N2CCCCC2)cc1. The van der Waals surface area contributed by atoms with E-state index in [0.29, 0.717) is 0 Å². The molecule has 2 rings (SSSR count). The second kappa shape index (κ2) is 5.15. The van der Waals surface area contributed by atoms with Crippen LogP contribution in [0.4, 0.5) is 0 Å². The Kier molecular flexibility index (Phi) is 3.60. The van der Waals surface area contributed by atoms with Crippen molar-refractivity contribution in [1.82, 2.24) is 4.90 Å². The van der Waals surface area contributed by atoms with Gasteiger partial charge in [-0.05, 0) is 31.7 Å². The smallest absolute Gasteiger partial charge is 0.100 e. The van der Waals surface area contributed by atoms with Crippen molar-refractivity contribution < 1.29 is 0 Å². The van der Waals surface area contributed by atoms with Gasteiger partial charge in [0.2, 0.25) is 0 Å². The summed E-state index contributed by atoms with van der Waals surface area (Å²) in [6, 6.07) is 8.51. The van der Waals surface area contributed by atoms with Crippen molar-refractivity contribution in [2.45, 2.75) is 32.6 Å². The number of hydrogen-bond donors (Lipinski definition) is 1. The van der Waals surface area contributed by atoms with Crippen LogP contribution in [0.1, 0.15) is 30.4 Å². The predicted octanol–water partition coefficient (Wildman–Crippen LogP) is 3.00. The lowest BCUT2D eigenvalue weighted by Crippen LogP contribution is -2.36. The summed E-state index contributed by atoms with van der Waals surface area (Å²) in [7, 11) is 0. The maximum Gasteiger partial charge on any atom is 0.100 e. The monoisotopic (exact) mass is 216 g/mol. The summed E-state index contributed by atoms with van der Waals surface area (Å²) >= 11 is 0. The molecule has 0 saturated carbocycles. The lowest BCUT2D eigenvalue weighted by atomic mass is 10.1.